The van der Waals surface area contributed by atoms with Crippen molar-refractivity contribution >= 4 is 0 Å². The Bertz CT molecular complexity index is 247. The van der Waals surface area contributed by atoms with Gasteiger partial charge in [-0.15, -0.1) is 0 Å². The number of hydrogen-bond donors (Lipinski definition) is 1. The molecule has 12 heavy (non-hydrogen) atoms. The predicted octanol–water partition coefficient (Wildman–Crippen LogP) is -0.0500. The average molecular weight is 176 g/mol. The van der Waals surface area contributed by atoms with E-state index >= 15 is 0 Å². The lowest BCUT2D eigenvalue weighted by Gasteiger charge is -2.08. The summed E-state index contributed by atoms with van der Waals surface area (Å²) < 4.78 is 25.4. The molecular weight excluding hydrogens is 166 g/mol. The van der Waals surface area contributed by atoms with Crippen LogP contribution in [0.1, 0.15) is 5.82 Å². The Hall–Kier alpha value is -1.04. The maximum atomic E-state index is 12.0. The standard InChI is InChI=1S/C6H10F2N4/c1-12-5(10-3-11-12)2-4(9)6(7)8/h3-4,6H,2,9H2,1H3. The van der Waals surface area contributed by atoms with E-state index in [-0.39, 0.29) is 6.42 Å². The molecule has 68 valence electrons. The van der Waals surface area contributed by atoms with Crippen LogP contribution in [0.5, 0.6) is 0 Å². The van der Waals surface area contributed by atoms with Gasteiger partial charge < -0.3 is 5.73 Å². The van der Waals surface area contributed by atoms with Crippen LogP contribution in [0.2, 0.25) is 0 Å². The summed E-state index contributed by atoms with van der Waals surface area (Å²) in [5.74, 6) is 0.475. The summed E-state index contributed by atoms with van der Waals surface area (Å²) in [4.78, 5) is 3.78. The van der Waals surface area contributed by atoms with Crippen molar-refractivity contribution in [3.05, 3.63) is 12.2 Å². The van der Waals surface area contributed by atoms with E-state index < -0.39 is 12.5 Å². The Morgan fingerprint density at radius 1 is 1.67 bits per heavy atom. The van der Waals surface area contributed by atoms with Gasteiger partial charge in [-0.2, -0.15) is 5.10 Å². The monoisotopic (exact) mass is 176 g/mol. The molecule has 0 aliphatic rings. The lowest BCUT2D eigenvalue weighted by atomic mass is 10.2. The second-order valence-electron chi connectivity index (χ2n) is 2.50. The van der Waals surface area contributed by atoms with Crippen LogP contribution in [-0.2, 0) is 13.5 Å². The molecule has 2 N–H and O–H groups in total. The van der Waals surface area contributed by atoms with Gasteiger partial charge in [0, 0.05) is 13.5 Å². The van der Waals surface area contributed by atoms with Crippen LogP contribution in [0.3, 0.4) is 0 Å². The first kappa shape index (κ1) is 9.05. The van der Waals surface area contributed by atoms with Crippen molar-refractivity contribution < 1.29 is 8.78 Å². The van der Waals surface area contributed by atoms with Gasteiger partial charge in [-0.3, -0.25) is 4.68 Å². The summed E-state index contributed by atoms with van der Waals surface area (Å²) in [5, 5.41) is 3.73. The first-order chi connectivity index (χ1) is 5.61. The average Bonchev–Trinajstić information content (AvgIpc) is 2.36. The lowest BCUT2D eigenvalue weighted by Crippen LogP contribution is -2.32. The SMILES string of the molecule is Cn1ncnc1CC(N)C(F)F. The van der Waals surface area contributed by atoms with Gasteiger partial charge in [-0.25, -0.2) is 13.8 Å². The van der Waals surface area contributed by atoms with Gasteiger partial charge in [-0.1, -0.05) is 0 Å². The van der Waals surface area contributed by atoms with Crippen LogP contribution < -0.4 is 5.73 Å². The van der Waals surface area contributed by atoms with Gasteiger partial charge in [0.15, 0.2) is 0 Å². The Morgan fingerprint density at radius 3 is 2.75 bits per heavy atom. The van der Waals surface area contributed by atoms with Gasteiger partial charge >= 0.3 is 0 Å². The Kier molecular flexibility index (Phi) is 2.69. The molecule has 1 aromatic rings. The molecule has 0 spiro atoms. The fourth-order valence-electron chi connectivity index (χ4n) is 0.805. The van der Waals surface area contributed by atoms with Crippen molar-refractivity contribution in [2.45, 2.75) is 18.9 Å². The first-order valence-corrected chi connectivity index (χ1v) is 3.48. The van der Waals surface area contributed by atoms with Crippen LogP contribution in [-0.4, -0.2) is 27.2 Å². The fourth-order valence-corrected chi connectivity index (χ4v) is 0.805. The van der Waals surface area contributed by atoms with Crippen molar-refractivity contribution in [2.75, 3.05) is 0 Å². The minimum absolute atomic E-state index is 0.0498. The highest BCUT2D eigenvalue weighted by molar-refractivity contribution is 4.88. The molecule has 6 heteroatoms. The normalized spacial score (nSPS) is 13.8. The van der Waals surface area contributed by atoms with E-state index in [0.29, 0.717) is 5.82 Å². The van der Waals surface area contributed by atoms with Crippen LogP contribution in [0.15, 0.2) is 6.33 Å². The van der Waals surface area contributed by atoms with Crippen molar-refractivity contribution in [2.24, 2.45) is 12.8 Å². The largest absolute Gasteiger partial charge is 0.323 e. The van der Waals surface area contributed by atoms with E-state index in [4.69, 9.17) is 5.73 Å². The number of alkyl halides is 2. The summed E-state index contributed by atoms with van der Waals surface area (Å²) in [5.41, 5.74) is 5.15. The third-order valence-electron chi connectivity index (χ3n) is 1.55. The molecule has 1 aromatic heterocycles. The van der Waals surface area contributed by atoms with Crippen LogP contribution in [0, 0.1) is 0 Å². The molecule has 0 aliphatic carbocycles. The number of aryl methyl sites for hydroxylation is 1. The second-order valence-corrected chi connectivity index (χ2v) is 2.50. The summed E-state index contributed by atoms with van der Waals surface area (Å²) in [6, 6.07) is -1.16. The summed E-state index contributed by atoms with van der Waals surface area (Å²) in [6.45, 7) is 0. The number of aromatic nitrogens is 3. The second kappa shape index (κ2) is 3.57. The fraction of sp³-hybridized carbons (Fsp3) is 0.667. The molecule has 0 amide bonds. The van der Waals surface area contributed by atoms with E-state index in [2.05, 4.69) is 10.1 Å². The topological polar surface area (TPSA) is 56.7 Å². The maximum absolute atomic E-state index is 12.0. The molecule has 1 heterocycles. The van der Waals surface area contributed by atoms with Crippen molar-refractivity contribution in [3.63, 3.8) is 0 Å². The smallest absolute Gasteiger partial charge is 0.253 e. The minimum Gasteiger partial charge on any atom is -0.323 e. The summed E-state index contributed by atoms with van der Waals surface area (Å²) >= 11 is 0. The highest BCUT2D eigenvalue weighted by atomic mass is 19.3. The van der Waals surface area contributed by atoms with E-state index in [9.17, 15) is 8.78 Å². The molecule has 0 saturated carbocycles. The number of nitrogens with zero attached hydrogens (tertiary/aromatic N) is 3. The zero-order valence-electron chi connectivity index (χ0n) is 6.61. The number of halogens is 2. The van der Waals surface area contributed by atoms with Crippen molar-refractivity contribution in [1.82, 2.24) is 14.8 Å². The third kappa shape index (κ3) is 1.97. The van der Waals surface area contributed by atoms with Gasteiger partial charge in [0.2, 0.25) is 0 Å². The Balaban J connectivity index is 2.58. The van der Waals surface area contributed by atoms with Gasteiger partial charge in [-0.05, 0) is 0 Å². The molecule has 1 rings (SSSR count). The highest BCUT2D eigenvalue weighted by Gasteiger charge is 2.17. The maximum Gasteiger partial charge on any atom is 0.253 e. The van der Waals surface area contributed by atoms with Crippen LogP contribution in [0.25, 0.3) is 0 Å². The molecule has 0 fully saturated rings. The van der Waals surface area contributed by atoms with Gasteiger partial charge in [0.05, 0.1) is 6.04 Å². The van der Waals surface area contributed by atoms with E-state index in [0.717, 1.165) is 0 Å². The van der Waals surface area contributed by atoms with Gasteiger partial charge in [0.25, 0.3) is 6.43 Å². The first-order valence-electron chi connectivity index (χ1n) is 3.48. The summed E-state index contributed by atoms with van der Waals surface area (Å²) in [7, 11) is 1.64. The molecule has 0 aliphatic heterocycles. The van der Waals surface area contributed by atoms with Crippen LogP contribution in [0.4, 0.5) is 8.78 Å². The predicted molar refractivity (Wildman–Crippen MR) is 38.7 cm³/mol. The molecular formula is C6H10F2N4. The van der Waals surface area contributed by atoms with E-state index in [1.54, 1.807) is 7.05 Å². The molecule has 0 aromatic carbocycles. The third-order valence-corrected chi connectivity index (χ3v) is 1.55. The molecule has 0 bridgehead atoms. The van der Waals surface area contributed by atoms with E-state index in [1.807, 2.05) is 0 Å². The quantitative estimate of drug-likeness (QED) is 0.702. The van der Waals surface area contributed by atoms with Crippen LogP contribution >= 0.6 is 0 Å². The molecule has 1 unspecified atom stereocenters. The molecule has 1 atom stereocenters. The van der Waals surface area contributed by atoms with Gasteiger partial charge in [0.1, 0.15) is 12.2 Å². The Morgan fingerprint density at radius 2 is 2.33 bits per heavy atom. The minimum atomic E-state index is -2.51. The number of nitrogens with two attached hydrogens (primary N) is 1. The van der Waals surface area contributed by atoms with E-state index in [1.165, 1.54) is 11.0 Å². The van der Waals surface area contributed by atoms with Crippen molar-refractivity contribution in [3.8, 4) is 0 Å². The molecule has 0 radical (unpaired) electrons. The number of rotatable bonds is 3. The molecule has 4 nitrogen and oxygen atoms in total. The zero-order chi connectivity index (χ0) is 9.14. The summed E-state index contributed by atoms with van der Waals surface area (Å²) in [6.07, 6.45) is -1.15. The zero-order valence-corrected chi connectivity index (χ0v) is 6.61. The Labute approximate surface area is 68.4 Å². The number of hydrogen-bond acceptors (Lipinski definition) is 3. The lowest BCUT2D eigenvalue weighted by molar-refractivity contribution is 0.114. The highest BCUT2D eigenvalue weighted by Crippen LogP contribution is 2.03. The van der Waals surface area contributed by atoms with Crippen molar-refractivity contribution in [1.29, 1.82) is 0 Å². The molecule has 0 saturated heterocycles.